The summed E-state index contributed by atoms with van der Waals surface area (Å²) in [6.45, 7) is 7.92. The number of rotatable bonds is 7. The highest BCUT2D eigenvalue weighted by molar-refractivity contribution is 5.71. The molecular formula is C17H25NO5. The molecule has 0 heterocycles. The quantitative estimate of drug-likeness (QED) is 0.617. The Hall–Kier alpha value is -2.24. The molecule has 0 aliphatic carbocycles. The van der Waals surface area contributed by atoms with Crippen LogP contribution in [0, 0.1) is 6.92 Å². The van der Waals surface area contributed by atoms with Gasteiger partial charge in [-0.25, -0.2) is 4.79 Å². The minimum atomic E-state index is -0.558. The van der Waals surface area contributed by atoms with Crippen molar-refractivity contribution >= 4 is 12.1 Å². The Balaban J connectivity index is 2.09. The molecule has 0 aromatic heterocycles. The Labute approximate surface area is 137 Å². The highest BCUT2D eigenvalue weighted by atomic mass is 16.6. The number of ether oxygens (including phenoxy) is 3. The van der Waals surface area contributed by atoms with Crippen molar-refractivity contribution in [1.82, 2.24) is 5.32 Å². The predicted molar refractivity (Wildman–Crippen MR) is 86.5 cm³/mol. The van der Waals surface area contributed by atoms with E-state index >= 15 is 0 Å². The van der Waals surface area contributed by atoms with E-state index in [1.54, 1.807) is 20.8 Å². The molecule has 0 fully saturated rings. The Morgan fingerprint density at radius 1 is 1.17 bits per heavy atom. The van der Waals surface area contributed by atoms with Crippen LogP contribution in [0.5, 0.6) is 5.75 Å². The zero-order valence-corrected chi connectivity index (χ0v) is 14.2. The molecule has 0 saturated heterocycles. The van der Waals surface area contributed by atoms with Crippen LogP contribution in [0.15, 0.2) is 24.3 Å². The minimum absolute atomic E-state index is 0.0870. The molecule has 6 nitrogen and oxygen atoms in total. The molecule has 0 bridgehead atoms. The van der Waals surface area contributed by atoms with Gasteiger partial charge in [0.05, 0.1) is 6.42 Å². The Kier molecular flexibility index (Phi) is 7.38. The maximum atomic E-state index is 11.5. The molecule has 1 amide bonds. The largest absolute Gasteiger partial charge is 0.490 e. The number of esters is 1. The molecule has 23 heavy (non-hydrogen) atoms. The first-order valence-electron chi connectivity index (χ1n) is 7.58. The highest BCUT2D eigenvalue weighted by Crippen LogP contribution is 2.11. The van der Waals surface area contributed by atoms with Gasteiger partial charge in [-0.3, -0.25) is 4.79 Å². The van der Waals surface area contributed by atoms with Crippen molar-refractivity contribution in [2.75, 3.05) is 19.8 Å². The first kappa shape index (κ1) is 18.8. The molecule has 1 N–H and O–H groups in total. The van der Waals surface area contributed by atoms with Crippen LogP contribution in [0.25, 0.3) is 0 Å². The average molecular weight is 323 g/mol. The predicted octanol–water partition coefficient (Wildman–Crippen LogP) is 2.83. The molecule has 0 spiro atoms. The molecule has 6 heteroatoms. The smallest absolute Gasteiger partial charge is 0.407 e. The molecule has 0 aliphatic heterocycles. The van der Waals surface area contributed by atoms with Gasteiger partial charge in [-0.15, -0.1) is 0 Å². The van der Waals surface area contributed by atoms with E-state index in [9.17, 15) is 9.59 Å². The van der Waals surface area contributed by atoms with Gasteiger partial charge in [0.15, 0.2) is 0 Å². The van der Waals surface area contributed by atoms with E-state index in [0.29, 0.717) is 0 Å². The number of amides is 1. The van der Waals surface area contributed by atoms with E-state index in [2.05, 4.69) is 5.32 Å². The molecular weight excluding hydrogens is 298 g/mol. The van der Waals surface area contributed by atoms with E-state index < -0.39 is 17.7 Å². The average Bonchev–Trinajstić information content (AvgIpc) is 2.42. The van der Waals surface area contributed by atoms with E-state index in [1.807, 2.05) is 31.2 Å². The van der Waals surface area contributed by atoms with Crippen LogP contribution in [0.1, 0.15) is 32.8 Å². The van der Waals surface area contributed by atoms with Gasteiger partial charge in [-0.1, -0.05) is 12.1 Å². The lowest BCUT2D eigenvalue weighted by atomic mass is 10.2. The van der Waals surface area contributed by atoms with E-state index in [1.165, 1.54) is 0 Å². The molecule has 0 radical (unpaired) electrons. The second-order valence-corrected chi connectivity index (χ2v) is 6.06. The van der Waals surface area contributed by atoms with Crippen LogP contribution in [-0.2, 0) is 14.3 Å². The summed E-state index contributed by atoms with van der Waals surface area (Å²) in [7, 11) is 0. The van der Waals surface area contributed by atoms with Gasteiger partial charge >= 0.3 is 12.1 Å². The number of alkyl carbamates (subject to hydrolysis) is 1. The van der Waals surface area contributed by atoms with Crippen LogP contribution >= 0.6 is 0 Å². The second-order valence-electron chi connectivity index (χ2n) is 6.06. The van der Waals surface area contributed by atoms with Crippen LogP contribution in [-0.4, -0.2) is 37.4 Å². The third kappa shape index (κ3) is 9.39. The monoisotopic (exact) mass is 323 g/mol. The zero-order chi connectivity index (χ0) is 17.3. The maximum Gasteiger partial charge on any atom is 0.407 e. The van der Waals surface area contributed by atoms with Crippen LogP contribution < -0.4 is 10.1 Å². The normalized spacial score (nSPS) is 10.8. The summed E-state index contributed by atoms with van der Waals surface area (Å²) >= 11 is 0. The molecule has 1 rings (SSSR count). The lowest BCUT2D eigenvalue weighted by molar-refractivity contribution is -0.144. The third-order valence-corrected chi connectivity index (χ3v) is 2.60. The maximum absolute atomic E-state index is 11.5. The molecule has 0 atom stereocenters. The fraction of sp³-hybridized carbons (Fsp3) is 0.529. The molecule has 1 aromatic carbocycles. The van der Waals surface area contributed by atoms with Gasteiger partial charge in [0, 0.05) is 6.54 Å². The topological polar surface area (TPSA) is 73.9 Å². The van der Waals surface area contributed by atoms with E-state index in [-0.39, 0.29) is 26.2 Å². The van der Waals surface area contributed by atoms with Crippen LogP contribution in [0.4, 0.5) is 4.79 Å². The number of carbonyl (C=O) groups is 2. The van der Waals surface area contributed by atoms with Crippen LogP contribution in [0.3, 0.4) is 0 Å². The Bertz CT molecular complexity index is 522. The number of nitrogens with one attached hydrogen (secondary N) is 1. The van der Waals surface area contributed by atoms with Crippen molar-refractivity contribution in [3.8, 4) is 5.75 Å². The first-order chi connectivity index (χ1) is 10.8. The summed E-state index contributed by atoms with van der Waals surface area (Å²) in [5.74, 6) is 0.349. The van der Waals surface area contributed by atoms with Crippen molar-refractivity contribution < 1.29 is 23.8 Å². The van der Waals surface area contributed by atoms with E-state index in [0.717, 1.165) is 11.3 Å². The van der Waals surface area contributed by atoms with Crippen LogP contribution in [0.2, 0.25) is 0 Å². The summed E-state index contributed by atoms with van der Waals surface area (Å²) in [5.41, 5.74) is 0.547. The second kappa shape index (κ2) is 9.02. The van der Waals surface area contributed by atoms with Gasteiger partial charge in [-0.2, -0.15) is 0 Å². The molecule has 128 valence electrons. The highest BCUT2D eigenvalue weighted by Gasteiger charge is 2.15. The SMILES string of the molecule is Cc1cccc(OCCOC(=O)CCNC(=O)OC(C)(C)C)c1. The summed E-state index contributed by atoms with van der Waals surface area (Å²) in [5, 5.41) is 2.50. The number of carbonyl (C=O) groups excluding carboxylic acids is 2. The summed E-state index contributed by atoms with van der Waals surface area (Å²) in [4.78, 5) is 22.9. The van der Waals surface area contributed by atoms with E-state index in [4.69, 9.17) is 14.2 Å². The Morgan fingerprint density at radius 2 is 1.91 bits per heavy atom. The first-order valence-corrected chi connectivity index (χ1v) is 7.58. The molecule has 0 unspecified atom stereocenters. The molecule has 0 aliphatic rings. The standard InChI is InChI=1S/C17H25NO5/c1-13-6-5-7-14(12-13)21-10-11-22-15(19)8-9-18-16(20)23-17(2,3)4/h5-7,12H,8-11H2,1-4H3,(H,18,20). The minimum Gasteiger partial charge on any atom is -0.490 e. The van der Waals surface area contributed by atoms with Gasteiger partial charge in [0.2, 0.25) is 0 Å². The fourth-order valence-electron chi connectivity index (χ4n) is 1.67. The van der Waals surface area contributed by atoms with Gasteiger partial charge in [0.1, 0.15) is 24.6 Å². The molecule has 0 saturated carbocycles. The van der Waals surface area contributed by atoms with Crippen molar-refractivity contribution in [3.05, 3.63) is 29.8 Å². The number of hydrogen-bond acceptors (Lipinski definition) is 5. The lowest BCUT2D eigenvalue weighted by Gasteiger charge is -2.19. The van der Waals surface area contributed by atoms with Gasteiger partial charge < -0.3 is 19.5 Å². The number of benzene rings is 1. The summed E-state index contributed by atoms with van der Waals surface area (Å²) in [6.07, 6.45) is -0.461. The lowest BCUT2D eigenvalue weighted by Crippen LogP contribution is -2.33. The zero-order valence-electron chi connectivity index (χ0n) is 14.2. The summed E-state index contributed by atoms with van der Waals surface area (Å²) < 4.78 is 15.5. The number of aryl methyl sites for hydroxylation is 1. The summed E-state index contributed by atoms with van der Waals surface area (Å²) in [6, 6.07) is 7.63. The van der Waals surface area contributed by atoms with Gasteiger partial charge in [0.25, 0.3) is 0 Å². The molecule has 1 aromatic rings. The van der Waals surface area contributed by atoms with Crippen molar-refractivity contribution in [2.24, 2.45) is 0 Å². The van der Waals surface area contributed by atoms with Crippen molar-refractivity contribution in [2.45, 2.75) is 39.7 Å². The van der Waals surface area contributed by atoms with Crippen molar-refractivity contribution in [1.29, 1.82) is 0 Å². The fourth-order valence-corrected chi connectivity index (χ4v) is 1.67. The van der Waals surface area contributed by atoms with Crippen molar-refractivity contribution in [3.63, 3.8) is 0 Å². The Morgan fingerprint density at radius 3 is 2.57 bits per heavy atom. The third-order valence-electron chi connectivity index (χ3n) is 2.60. The van der Waals surface area contributed by atoms with Gasteiger partial charge in [-0.05, 0) is 45.4 Å². The number of hydrogen-bond donors (Lipinski definition) is 1.